The molecule has 29 heavy (non-hydrogen) atoms. The Labute approximate surface area is 181 Å². The Morgan fingerprint density at radius 1 is 1.07 bits per heavy atom. The Balaban J connectivity index is 1.63. The molecule has 10 heteroatoms. The van der Waals surface area contributed by atoms with E-state index in [2.05, 4.69) is 31.9 Å². The average molecular weight is 536 g/mol. The number of benzene rings is 2. The SMILES string of the molecule is O=C(CN1CCOC(C(F)(F)F)C1)N1c2ccc(Br)cc2Oc2cc(Br)ccc21. The first-order valence-electron chi connectivity index (χ1n) is 8.73. The molecule has 2 aliphatic heterocycles. The monoisotopic (exact) mass is 534 g/mol. The minimum absolute atomic E-state index is 0.0758. The van der Waals surface area contributed by atoms with E-state index in [-0.39, 0.29) is 32.1 Å². The third kappa shape index (κ3) is 4.30. The first-order chi connectivity index (χ1) is 13.7. The number of rotatable bonds is 2. The molecule has 1 unspecified atom stereocenters. The number of carbonyl (C=O) groups excluding carboxylic acids is 1. The molecule has 4 rings (SSSR count). The number of halogens is 5. The standard InChI is InChI=1S/C19H15Br2F3N2O3/c20-11-1-3-13-15(7-11)29-16-8-12(21)2-4-14(16)26(13)18(27)10-25-5-6-28-17(9-25)19(22,23)24/h1-4,7-8,17H,5-6,9-10H2. The van der Waals surface area contributed by atoms with E-state index < -0.39 is 12.3 Å². The Morgan fingerprint density at radius 2 is 1.66 bits per heavy atom. The molecule has 0 bridgehead atoms. The smallest absolute Gasteiger partial charge is 0.415 e. The Bertz CT molecular complexity index is 903. The summed E-state index contributed by atoms with van der Waals surface area (Å²) >= 11 is 6.77. The maximum atomic E-state index is 13.2. The fourth-order valence-electron chi connectivity index (χ4n) is 3.33. The second-order valence-electron chi connectivity index (χ2n) is 6.69. The van der Waals surface area contributed by atoms with Gasteiger partial charge in [0.15, 0.2) is 17.6 Å². The zero-order valence-corrected chi connectivity index (χ0v) is 18.1. The van der Waals surface area contributed by atoms with E-state index in [1.165, 1.54) is 9.80 Å². The van der Waals surface area contributed by atoms with Crippen molar-refractivity contribution >= 4 is 49.1 Å². The summed E-state index contributed by atoms with van der Waals surface area (Å²) in [6.45, 7) is -0.363. The number of amides is 1. The molecule has 0 aliphatic carbocycles. The summed E-state index contributed by atoms with van der Waals surface area (Å²) in [6, 6.07) is 10.5. The lowest BCUT2D eigenvalue weighted by Gasteiger charge is -2.36. The van der Waals surface area contributed by atoms with E-state index >= 15 is 0 Å². The van der Waals surface area contributed by atoms with Crippen LogP contribution in [0.5, 0.6) is 11.5 Å². The zero-order chi connectivity index (χ0) is 20.8. The number of hydrogen-bond donors (Lipinski definition) is 0. The van der Waals surface area contributed by atoms with Crippen LogP contribution in [0.1, 0.15) is 0 Å². The lowest BCUT2D eigenvalue weighted by molar-refractivity contribution is -0.236. The Hall–Kier alpha value is -1.62. The van der Waals surface area contributed by atoms with Gasteiger partial charge in [0.2, 0.25) is 5.91 Å². The van der Waals surface area contributed by atoms with Crippen molar-refractivity contribution in [2.45, 2.75) is 12.3 Å². The molecule has 0 spiro atoms. The number of alkyl halides is 3. The summed E-state index contributed by atoms with van der Waals surface area (Å²) in [5.74, 6) is 0.616. The quantitative estimate of drug-likeness (QED) is 0.527. The van der Waals surface area contributed by atoms with Gasteiger partial charge in [0, 0.05) is 22.0 Å². The van der Waals surface area contributed by atoms with Crippen molar-refractivity contribution in [2.75, 3.05) is 31.1 Å². The molecule has 1 atom stereocenters. The van der Waals surface area contributed by atoms with Crippen LogP contribution in [0.4, 0.5) is 24.5 Å². The predicted molar refractivity (Wildman–Crippen MR) is 108 cm³/mol. The van der Waals surface area contributed by atoms with E-state index in [1.54, 1.807) is 36.4 Å². The van der Waals surface area contributed by atoms with Crippen molar-refractivity contribution in [1.82, 2.24) is 4.90 Å². The van der Waals surface area contributed by atoms with Crippen LogP contribution in [-0.2, 0) is 9.53 Å². The molecule has 2 aliphatic rings. The third-order valence-corrected chi connectivity index (χ3v) is 5.66. The van der Waals surface area contributed by atoms with Gasteiger partial charge in [-0.2, -0.15) is 13.2 Å². The van der Waals surface area contributed by atoms with Gasteiger partial charge in [-0.15, -0.1) is 0 Å². The fraction of sp³-hybridized carbons (Fsp3) is 0.316. The highest BCUT2D eigenvalue weighted by molar-refractivity contribution is 9.10. The Morgan fingerprint density at radius 3 is 2.21 bits per heavy atom. The number of ether oxygens (including phenoxy) is 2. The van der Waals surface area contributed by atoms with Crippen LogP contribution in [0.3, 0.4) is 0 Å². The van der Waals surface area contributed by atoms with Crippen molar-refractivity contribution in [2.24, 2.45) is 0 Å². The van der Waals surface area contributed by atoms with Gasteiger partial charge in [0.25, 0.3) is 0 Å². The maximum absolute atomic E-state index is 13.2. The zero-order valence-electron chi connectivity index (χ0n) is 14.9. The summed E-state index contributed by atoms with van der Waals surface area (Å²) < 4.78 is 51.3. The van der Waals surface area contributed by atoms with Crippen LogP contribution in [0.2, 0.25) is 0 Å². The maximum Gasteiger partial charge on any atom is 0.415 e. The van der Waals surface area contributed by atoms with Gasteiger partial charge in [-0.25, -0.2) is 0 Å². The van der Waals surface area contributed by atoms with Crippen LogP contribution in [0.15, 0.2) is 45.3 Å². The molecule has 1 fully saturated rings. The summed E-state index contributed by atoms with van der Waals surface area (Å²) in [5, 5.41) is 0. The molecule has 1 amide bonds. The molecule has 5 nitrogen and oxygen atoms in total. The van der Waals surface area contributed by atoms with E-state index in [9.17, 15) is 18.0 Å². The van der Waals surface area contributed by atoms with Crippen molar-refractivity contribution < 1.29 is 27.4 Å². The molecular formula is C19H15Br2F3N2O3. The van der Waals surface area contributed by atoms with Gasteiger partial charge in [-0.3, -0.25) is 14.6 Å². The Kier molecular flexibility index (Phi) is 5.62. The van der Waals surface area contributed by atoms with Crippen molar-refractivity contribution in [1.29, 1.82) is 0 Å². The molecular weight excluding hydrogens is 521 g/mol. The summed E-state index contributed by atoms with van der Waals surface area (Å²) in [6.07, 6.45) is -6.35. The lowest BCUT2D eigenvalue weighted by atomic mass is 10.1. The second-order valence-corrected chi connectivity index (χ2v) is 8.52. The van der Waals surface area contributed by atoms with Gasteiger partial charge < -0.3 is 9.47 Å². The fourth-order valence-corrected chi connectivity index (χ4v) is 4.01. The average Bonchev–Trinajstić information content (AvgIpc) is 2.65. The van der Waals surface area contributed by atoms with Crippen LogP contribution in [0, 0.1) is 0 Å². The van der Waals surface area contributed by atoms with Crippen molar-refractivity contribution in [3.63, 3.8) is 0 Å². The first kappa shape index (κ1) is 20.6. The van der Waals surface area contributed by atoms with Crippen molar-refractivity contribution in [3.8, 4) is 11.5 Å². The lowest BCUT2D eigenvalue weighted by Crippen LogP contribution is -2.51. The van der Waals surface area contributed by atoms with E-state index in [1.807, 2.05) is 0 Å². The van der Waals surface area contributed by atoms with Crippen LogP contribution >= 0.6 is 31.9 Å². The predicted octanol–water partition coefficient (Wildman–Crippen LogP) is 5.25. The molecule has 1 saturated heterocycles. The number of morpholine rings is 1. The highest BCUT2D eigenvalue weighted by Crippen LogP contribution is 2.48. The van der Waals surface area contributed by atoms with E-state index in [4.69, 9.17) is 9.47 Å². The summed E-state index contributed by atoms with van der Waals surface area (Å²) in [7, 11) is 0. The number of carbonyl (C=O) groups is 1. The topological polar surface area (TPSA) is 42.0 Å². The third-order valence-electron chi connectivity index (χ3n) is 4.67. The minimum Gasteiger partial charge on any atom is -0.453 e. The minimum atomic E-state index is -4.46. The first-order valence-corrected chi connectivity index (χ1v) is 10.3. The van der Waals surface area contributed by atoms with E-state index in [0.717, 1.165) is 8.95 Å². The molecule has 0 N–H and O–H groups in total. The van der Waals surface area contributed by atoms with Gasteiger partial charge in [0.1, 0.15) is 0 Å². The molecule has 2 heterocycles. The van der Waals surface area contributed by atoms with Crippen LogP contribution < -0.4 is 9.64 Å². The molecule has 0 radical (unpaired) electrons. The van der Waals surface area contributed by atoms with Gasteiger partial charge in [-0.1, -0.05) is 31.9 Å². The largest absolute Gasteiger partial charge is 0.453 e. The normalized spacial score (nSPS) is 19.3. The number of hydrogen-bond acceptors (Lipinski definition) is 4. The highest BCUT2D eigenvalue weighted by Gasteiger charge is 2.44. The number of fused-ring (bicyclic) bond motifs is 2. The van der Waals surface area contributed by atoms with Gasteiger partial charge >= 0.3 is 6.18 Å². The van der Waals surface area contributed by atoms with Gasteiger partial charge in [0.05, 0.1) is 24.5 Å². The van der Waals surface area contributed by atoms with Crippen LogP contribution in [0.25, 0.3) is 0 Å². The second kappa shape index (κ2) is 7.90. The number of anilines is 2. The molecule has 2 aromatic rings. The van der Waals surface area contributed by atoms with E-state index in [0.29, 0.717) is 22.9 Å². The van der Waals surface area contributed by atoms with Crippen LogP contribution in [-0.4, -0.2) is 49.3 Å². The van der Waals surface area contributed by atoms with Crippen molar-refractivity contribution in [3.05, 3.63) is 45.3 Å². The summed E-state index contributed by atoms with van der Waals surface area (Å²) in [4.78, 5) is 16.2. The molecule has 154 valence electrons. The molecule has 2 aromatic carbocycles. The highest BCUT2D eigenvalue weighted by atomic mass is 79.9. The van der Waals surface area contributed by atoms with Gasteiger partial charge in [-0.05, 0) is 36.4 Å². The molecule has 0 aromatic heterocycles. The summed E-state index contributed by atoms with van der Waals surface area (Å²) in [5.41, 5.74) is 1.07. The molecule has 0 saturated carbocycles. The number of nitrogens with zero attached hydrogens (tertiary/aromatic N) is 2.